The minimum Gasteiger partial charge on any atom is -0.338 e. The number of benzene rings is 1. The number of rotatable bonds is 3. The number of allylic oxidation sites excluding steroid dienone is 2. The largest absolute Gasteiger partial charge is 0.338 e. The van der Waals surface area contributed by atoms with Gasteiger partial charge in [0.25, 0.3) is 0 Å². The van der Waals surface area contributed by atoms with Gasteiger partial charge in [-0.3, -0.25) is 5.43 Å². The average Bonchev–Trinajstić information content (AvgIpc) is 3.05. The second-order valence-corrected chi connectivity index (χ2v) is 6.74. The Labute approximate surface area is 153 Å². The van der Waals surface area contributed by atoms with Gasteiger partial charge in [0.05, 0.1) is 27.5 Å². The third kappa shape index (κ3) is 3.06. The summed E-state index contributed by atoms with van der Waals surface area (Å²) in [6.45, 7) is 4.03. The fourth-order valence-electron chi connectivity index (χ4n) is 2.59. The fraction of sp³-hybridized carbons (Fsp3) is 0.0556. The van der Waals surface area contributed by atoms with Gasteiger partial charge in [0, 0.05) is 22.4 Å². The molecule has 0 saturated carbocycles. The molecule has 1 aromatic carbocycles. The van der Waals surface area contributed by atoms with E-state index in [2.05, 4.69) is 32.1 Å². The van der Waals surface area contributed by atoms with Crippen LogP contribution < -0.4 is 5.43 Å². The molecule has 5 nitrogen and oxygen atoms in total. The minimum atomic E-state index is 0.668. The molecule has 0 saturated heterocycles. The maximum atomic E-state index is 6.05. The standard InChI is InChI=1S/C18H14ClN5S/c1-10-13(18-21-14-4-3-12(19)8-16(14)22-18)9-15(24-23-10)11-5-6-20-17(7-11)25-2/h3-9,23H,1H2,2H3,(H,21,22). The first-order valence-electron chi connectivity index (χ1n) is 7.55. The number of hydrazone groups is 1. The molecule has 1 aliphatic rings. The lowest BCUT2D eigenvalue weighted by Crippen LogP contribution is -2.17. The molecule has 0 fully saturated rings. The first-order valence-corrected chi connectivity index (χ1v) is 9.15. The Kier molecular flexibility index (Phi) is 4.07. The van der Waals surface area contributed by atoms with Gasteiger partial charge < -0.3 is 4.98 Å². The molecule has 0 radical (unpaired) electrons. The van der Waals surface area contributed by atoms with E-state index in [-0.39, 0.29) is 0 Å². The van der Waals surface area contributed by atoms with Gasteiger partial charge in [-0.2, -0.15) is 5.10 Å². The van der Waals surface area contributed by atoms with E-state index < -0.39 is 0 Å². The summed E-state index contributed by atoms with van der Waals surface area (Å²) in [6, 6.07) is 9.51. The summed E-state index contributed by atoms with van der Waals surface area (Å²) < 4.78 is 0. The molecule has 0 bridgehead atoms. The van der Waals surface area contributed by atoms with E-state index in [1.807, 2.05) is 42.7 Å². The number of hydrogen-bond acceptors (Lipinski definition) is 5. The Morgan fingerprint density at radius 3 is 2.92 bits per heavy atom. The molecule has 3 aromatic rings. The van der Waals surface area contributed by atoms with Crippen LogP contribution in [-0.2, 0) is 0 Å². The highest BCUT2D eigenvalue weighted by atomic mass is 35.5. The van der Waals surface area contributed by atoms with Crippen LogP contribution in [0.3, 0.4) is 0 Å². The van der Waals surface area contributed by atoms with E-state index in [0.29, 0.717) is 10.7 Å². The molecule has 124 valence electrons. The van der Waals surface area contributed by atoms with Crippen molar-refractivity contribution >= 4 is 45.7 Å². The molecule has 0 aliphatic carbocycles. The molecule has 4 rings (SSSR count). The molecule has 2 aromatic heterocycles. The van der Waals surface area contributed by atoms with Crippen molar-refractivity contribution in [2.24, 2.45) is 5.10 Å². The number of nitrogens with one attached hydrogen (secondary N) is 2. The lowest BCUT2D eigenvalue weighted by Gasteiger charge is -2.15. The maximum Gasteiger partial charge on any atom is 0.140 e. The number of halogens is 1. The normalized spacial score (nSPS) is 14.2. The van der Waals surface area contributed by atoms with Gasteiger partial charge in [-0.1, -0.05) is 18.2 Å². The van der Waals surface area contributed by atoms with Gasteiger partial charge >= 0.3 is 0 Å². The van der Waals surface area contributed by atoms with Crippen molar-refractivity contribution in [3.63, 3.8) is 0 Å². The van der Waals surface area contributed by atoms with Gasteiger partial charge in [-0.15, -0.1) is 11.8 Å². The number of hydrogen-bond donors (Lipinski definition) is 2. The Balaban J connectivity index is 1.77. The first-order chi connectivity index (χ1) is 12.1. The highest BCUT2D eigenvalue weighted by Crippen LogP contribution is 2.26. The van der Waals surface area contributed by atoms with Crippen LogP contribution in [0.25, 0.3) is 16.6 Å². The van der Waals surface area contributed by atoms with Crippen LogP contribution in [0, 0.1) is 0 Å². The number of aromatic nitrogens is 3. The third-order valence-electron chi connectivity index (χ3n) is 3.86. The number of nitrogens with zero attached hydrogens (tertiary/aromatic N) is 3. The maximum absolute atomic E-state index is 6.05. The van der Waals surface area contributed by atoms with Crippen molar-refractivity contribution in [1.82, 2.24) is 20.4 Å². The zero-order chi connectivity index (χ0) is 17.4. The number of imidazole rings is 1. The Morgan fingerprint density at radius 1 is 1.20 bits per heavy atom. The topological polar surface area (TPSA) is 66.0 Å². The fourth-order valence-corrected chi connectivity index (χ4v) is 3.18. The van der Waals surface area contributed by atoms with Crippen LogP contribution in [0.4, 0.5) is 0 Å². The molecule has 3 heterocycles. The Hall–Kier alpha value is -2.57. The summed E-state index contributed by atoms with van der Waals surface area (Å²) in [5, 5.41) is 6.00. The van der Waals surface area contributed by atoms with Crippen LogP contribution in [-0.4, -0.2) is 26.9 Å². The smallest absolute Gasteiger partial charge is 0.140 e. The summed E-state index contributed by atoms with van der Waals surface area (Å²) in [4.78, 5) is 12.2. The van der Waals surface area contributed by atoms with E-state index in [4.69, 9.17) is 11.6 Å². The molecule has 0 spiro atoms. The molecule has 25 heavy (non-hydrogen) atoms. The minimum absolute atomic E-state index is 0.668. The van der Waals surface area contributed by atoms with E-state index in [0.717, 1.165) is 38.7 Å². The van der Waals surface area contributed by atoms with E-state index >= 15 is 0 Å². The lowest BCUT2D eigenvalue weighted by atomic mass is 10.1. The van der Waals surface area contributed by atoms with Crippen molar-refractivity contribution in [1.29, 1.82) is 0 Å². The number of fused-ring (bicyclic) bond motifs is 1. The monoisotopic (exact) mass is 367 g/mol. The quantitative estimate of drug-likeness (QED) is 0.679. The predicted octanol–water partition coefficient (Wildman–Crippen LogP) is 4.24. The predicted molar refractivity (Wildman–Crippen MR) is 104 cm³/mol. The van der Waals surface area contributed by atoms with Crippen molar-refractivity contribution < 1.29 is 0 Å². The number of H-pyrrole nitrogens is 1. The molecule has 0 amide bonds. The van der Waals surface area contributed by atoms with Crippen LogP contribution in [0.1, 0.15) is 11.4 Å². The number of aromatic amines is 1. The first kappa shape index (κ1) is 15.9. The molecular weight excluding hydrogens is 354 g/mol. The summed E-state index contributed by atoms with van der Waals surface area (Å²) in [5.74, 6) is 0.723. The zero-order valence-corrected chi connectivity index (χ0v) is 14.9. The Morgan fingerprint density at radius 2 is 2.08 bits per heavy atom. The number of pyridine rings is 1. The summed E-state index contributed by atoms with van der Waals surface area (Å²) in [6.07, 6.45) is 5.75. The molecule has 0 atom stereocenters. The van der Waals surface area contributed by atoms with Gasteiger partial charge in [0.1, 0.15) is 5.82 Å². The van der Waals surface area contributed by atoms with Gasteiger partial charge in [0.15, 0.2) is 0 Å². The van der Waals surface area contributed by atoms with Crippen molar-refractivity contribution in [2.75, 3.05) is 6.26 Å². The second kappa shape index (κ2) is 6.38. The van der Waals surface area contributed by atoms with E-state index in [1.165, 1.54) is 0 Å². The van der Waals surface area contributed by atoms with Crippen LogP contribution in [0.15, 0.2) is 65.0 Å². The van der Waals surface area contributed by atoms with Crippen LogP contribution >= 0.6 is 23.4 Å². The van der Waals surface area contributed by atoms with Crippen LogP contribution in [0.2, 0.25) is 5.02 Å². The highest BCUT2D eigenvalue weighted by Gasteiger charge is 2.17. The SMILES string of the molecule is C=C1NN=C(c2ccnc(SC)c2)C=C1c1nc2ccc(Cl)cc2[nH]1. The van der Waals surface area contributed by atoms with Gasteiger partial charge in [-0.05, 0) is 42.7 Å². The summed E-state index contributed by atoms with van der Waals surface area (Å²) in [7, 11) is 0. The highest BCUT2D eigenvalue weighted by molar-refractivity contribution is 7.98. The zero-order valence-electron chi connectivity index (χ0n) is 13.4. The molecule has 0 unspecified atom stereocenters. The molecule has 7 heteroatoms. The van der Waals surface area contributed by atoms with Gasteiger partial charge in [-0.25, -0.2) is 9.97 Å². The van der Waals surface area contributed by atoms with Crippen molar-refractivity contribution in [3.8, 4) is 0 Å². The molecule has 2 N–H and O–H groups in total. The second-order valence-electron chi connectivity index (χ2n) is 5.48. The number of thioether (sulfide) groups is 1. The Bertz CT molecular complexity index is 1050. The van der Waals surface area contributed by atoms with Gasteiger partial charge in [0.2, 0.25) is 0 Å². The third-order valence-corrected chi connectivity index (χ3v) is 4.73. The van der Waals surface area contributed by atoms with Crippen LogP contribution in [0.5, 0.6) is 0 Å². The molecular formula is C18H14ClN5S. The summed E-state index contributed by atoms with van der Waals surface area (Å²) >= 11 is 7.65. The van der Waals surface area contributed by atoms with E-state index in [9.17, 15) is 0 Å². The average molecular weight is 368 g/mol. The summed E-state index contributed by atoms with van der Waals surface area (Å²) in [5.41, 5.74) is 8.06. The van der Waals surface area contributed by atoms with Crippen molar-refractivity contribution in [2.45, 2.75) is 5.03 Å². The molecule has 1 aliphatic heterocycles. The lowest BCUT2D eigenvalue weighted by molar-refractivity contribution is 0.916. The van der Waals surface area contributed by atoms with E-state index in [1.54, 1.807) is 18.0 Å². The van der Waals surface area contributed by atoms with Crippen molar-refractivity contribution in [3.05, 3.63) is 71.3 Å².